The van der Waals surface area contributed by atoms with Crippen molar-refractivity contribution >= 4 is 51.3 Å². The van der Waals surface area contributed by atoms with Crippen LogP contribution in [0.4, 0.5) is 0 Å². The first-order chi connectivity index (χ1) is 16.5. The molecule has 177 valence electrons. The van der Waals surface area contributed by atoms with Gasteiger partial charge < -0.3 is 9.21 Å². The van der Waals surface area contributed by atoms with E-state index in [9.17, 15) is 0 Å². The van der Waals surface area contributed by atoms with Crippen LogP contribution >= 0.6 is 0 Å². The van der Waals surface area contributed by atoms with Crippen LogP contribution in [0, 0.1) is 6.07 Å². The van der Waals surface area contributed by atoms with Gasteiger partial charge in [0.15, 0.2) is 0 Å². The second-order valence-electron chi connectivity index (χ2n) is 10.1. The van der Waals surface area contributed by atoms with E-state index in [4.69, 9.17) is 4.98 Å². The maximum atomic E-state index is 5.21. The van der Waals surface area contributed by atoms with Crippen LogP contribution in [-0.4, -0.2) is 28.1 Å². The topological polar surface area (TPSA) is 20.5 Å². The molecule has 0 N–H and O–H groups in total. The second-order valence-corrected chi connectivity index (χ2v) is 10.1. The van der Waals surface area contributed by atoms with Crippen molar-refractivity contribution in [1.29, 1.82) is 0 Å². The fourth-order valence-electron chi connectivity index (χ4n) is 5.72. The molecule has 1 aliphatic heterocycles. The number of rotatable bonds is 3. The fourth-order valence-corrected chi connectivity index (χ4v) is 5.72. The van der Waals surface area contributed by atoms with Crippen LogP contribution in [0.3, 0.4) is 0 Å². The average Bonchev–Trinajstić information content (AvgIpc) is 3.24. The van der Waals surface area contributed by atoms with E-state index < -0.39 is 0 Å². The summed E-state index contributed by atoms with van der Waals surface area (Å²) < 4.78 is 2.40. The molecule has 5 heteroatoms. The number of imidazole rings is 1. The van der Waals surface area contributed by atoms with Crippen molar-refractivity contribution in [3.63, 3.8) is 0 Å². The van der Waals surface area contributed by atoms with E-state index in [0.717, 1.165) is 16.7 Å². The third-order valence-electron chi connectivity index (χ3n) is 7.28. The summed E-state index contributed by atoms with van der Waals surface area (Å²) in [5.41, 5.74) is 8.71. The van der Waals surface area contributed by atoms with Crippen LogP contribution in [0.5, 0.6) is 0 Å². The molecule has 3 aromatic carbocycles. The van der Waals surface area contributed by atoms with Gasteiger partial charge in [-0.15, -0.1) is 29.7 Å². The smallest absolute Gasteiger partial charge is 0.343 e. The van der Waals surface area contributed by atoms with Gasteiger partial charge in [0.25, 0.3) is 0 Å². The Bertz CT molecular complexity index is 1570. The summed E-state index contributed by atoms with van der Waals surface area (Å²) in [6, 6.07) is 25.3. The first-order valence-corrected chi connectivity index (χ1v) is 12.2. The molecule has 1 aliphatic rings. The van der Waals surface area contributed by atoms with Gasteiger partial charge in [-0.1, -0.05) is 69.5 Å². The molecule has 0 saturated heterocycles. The Labute approximate surface area is 221 Å². The molecule has 0 atom stereocenters. The van der Waals surface area contributed by atoms with E-state index in [1.54, 1.807) is 0 Å². The summed E-state index contributed by atoms with van der Waals surface area (Å²) in [6.07, 6.45) is 4.35. The van der Waals surface area contributed by atoms with Crippen molar-refractivity contribution in [2.75, 3.05) is 7.05 Å². The van der Waals surface area contributed by atoms with Gasteiger partial charge in [0.1, 0.15) is 0 Å². The number of hydrogen-bond donors (Lipinski definition) is 0. The Balaban J connectivity index is 0.00000253. The molecule has 0 unspecified atom stereocenters. The molecular formula is C30H29BIrN3-. The largest absolute Gasteiger partial charge is 0.414 e. The number of para-hydroxylation sites is 1. The van der Waals surface area contributed by atoms with Gasteiger partial charge in [0, 0.05) is 31.2 Å². The molecular weight excluding hydrogens is 605 g/mol. The van der Waals surface area contributed by atoms with Crippen molar-refractivity contribution in [1.82, 2.24) is 14.2 Å². The summed E-state index contributed by atoms with van der Waals surface area (Å²) in [5.74, 6) is 0.864. The zero-order valence-corrected chi connectivity index (χ0v) is 23.2. The second kappa shape index (κ2) is 8.97. The number of benzene rings is 3. The van der Waals surface area contributed by atoms with Crippen molar-refractivity contribution in [3.05, 3.63) is 89.8 Å². The Kier molecular flexibility index (Phi) is 6.11. The van der Waals surface area contributed by atoms with Crippen molar-refractivity contribution < 1.29 is 20.1 Å². The Morgan fingerprint density at radius 3 is 2.26 bits per heavy atom. The minimum absolute atomic E-state index is 0. The normalized spacial score (nSPS) is 13.3. The van der Waals surface area contributed by atoms with E-state index in [1.807, 2.05) is 6.07 Å². The number of nitrogens with zero attached hydrogens (tertiary/aromatic N) is 3. The maximum absolute atomic E-state index is 5.21. The molecule has 0 amide bonds. The first-order valence-electron chi connectivity index (χ1n) is 12.2. The molecule has 2 aromatic heterocycles. The SMILES string of the molecule is CC(C)c1cccc(C(C)C)c1B1c2c(nc3c4[c-]cccc4c4ccccc4n23)C=CN1C.[Ir]. The predicted molar refractivity (Wildman–Crippen MR) is 145 cm³/mol. The average molecular weight is 635 g/mol. The summed E-state index contributed by atoms with van der Waals surface area (Å²) in [5, 5.41) is 3.51. The van der Waals surface area contributed by atoms with Crippen LogP contribution in [0.1, 0.15) is 56.4 Å². The van der Waals surface area contributed by atoms with Crippen molar-refractivity contribution in [3.8, 4) is 0 Å². The van der Waals surface area contributed by atoms with Crippen LogP contribution in [0.15, 0.2) is 66.9 Å². The quantitative estimate of drug-likeness (QED) is 0.144. The van der Waals surface area contributed by atoms with Gasteiger partial charge in [-0.2, -0.15) is 0 Å². The third kappa shape index (κ3) is 3.56. The number of pyridine rings is 1. The predicted octanol–water partition coefficient (Wildman–Crippen LogP) is 5.71. The molecule has 0 fully saturated rings. The minimum Gasteiger partial charge on any atom is -0.414 e. The number of fused-ring (bicyclic) bond motifs is 8. The van der Waals surface area contributed by atoms with Crippen LogP contribution < -0.4 is 11.1 Å². The van der Waals surface area contributed by atoms with Gasteiger partial charge >= 0.3 is 6.85 Å². The van der Waals surface area contributed by atoms with Gasteiger partial charge in [0.2, 0.25) is 0 Å². The van der Waals surface area contributed by atoms with Crippen molar-refractivity contribution in [2.45, 2.75) is 39.5 Å². The maximum Gasteiger partial charge on any atom is 0.343 e. The molecule has 6 rings (SSSR count). The van der Waals surface area contributed by atoms with Crippen molar-refractivity contribution in [2.24, 2.45) is 0 Å². The van der Waals surface area contributed by atoms with E-state index >= 15 is 0 Å². The van der Waals surface area contributed by atoms with E-state index in [2.05, 4.69) is 117 Å². The Morgan fingerprint density at radius 1 is 0.857 bits per heavy atom. The Morgan fingerprint density at radius 2 is 1.54 bits per heavy atom. The summed E-state index contributed by atoms with van der Waals surface area (Å²) >= 11 is 0. The minimum atomic E-state index is 0. The molecule has 35 heavy (non-hydrogen) atoms. The Hall–Kier alpha value is -2.88. The third-order valence-corrected chi connectivity index (χ3v) is 7.28. The molecule has 0 bridgehead atoms. The van der Waals surface area contributed by atoms with Gasteiger partial charge in [-0.3, -0.25) is 4.98 Å². The van der Waals surface area contributed by atoms with Gasteiger partial charge in [-0.05, 0) is 59.2 Å². The standard InChI is InChI=1S/C30H29BN3.Ir/c1-19(2)21-14-10-15-22(20(3)4)28(21)31-29-26(17-18-33(31)5)32-30-25-13-7-6-11-23(25)24-12-8-9-16-27(24)34(29)30;/h6-12,14-20H,1-5H3;/q-1;. The fraction of sp³-hybridized carbons (Fsp3) is 0.233. The zero-order valence-electron chi connectivity index (χ0n) is 20.8. The van der Waals surface area contributed by atoms with Gasteiger partial charge in [0.05, 0.1) is 11.3 Å². The molecule has 0 spiro atoms. The zero-order chi connectivity index (χ0) is 23.6. The molecule has 0 aliphatic carbocycles. The number of aromatic nitrogens is 2. The van der Waals surface area contributed by atoms with E-state index in [1.165, 1.54) is 38.5 Å². The van der Waals surface area contributed by atoms with Crippen LogP contribution in [-0.2, 0) is 20.1 Å². The van der Waals surface area contributed by atoms with Crippen LogP contribution in [0.2, 0.25) is 0 Å². The van der Waals surface area contributed by atoms with E-state index in [0.29, 0.717) is 11.8 Å². The molecule has 3 nitrogen and oxygen atoms in total. The molecule has 3 heterocycles. The van der Waals surface area contributed by atoms with Gasteiger partial charge in [-0.25, -0.2) is 0 Å². The number of hydrogen-bond acceptors (Lipinski definition) is 2. The molecule has 0 saturated carbocycles. The van der Waals surface area contributed by atoms with E-state index in [-0.39, 0.29) is 27.0 Å². The monoisotopic (exact) mass is 635 g/mol. The first kappa shape index (κ1) is 23.8. The summed E-state index contributed by atoms with van der Waals surface area (Å²) in [6.45, 7) is 9.28. The summed E-state index contributed by atoms with van der Waals surface area (Å²) in [4.78, 5) is 7.57. The molecule has 5 aromatic rings. The summed E-state index contributed by atoms with van der Waals surface area (Å²) in [7, 11) is 2.19. The molecule has 1 radical (unpaired) electrons. The van der Waals surface area contributed by atoms with Crippen LogP contribution in [0.25, 0.3) is 33.4 Å².